The van der Waals surface area contributed by atoms with Crippen molar-refractivity contribution in [1.29, 1.82) is 0 Å². The van der Waals surface area contributed by atoms with E-state index in [4.69, 9.17) is 62.7 Å². The topological polar surface area (TPSA) is 22.1 Å². The Bertz CT molecular complexity index is 602. The first-order valence-corrected chi connectivity index (χ1v) is 6.51. The van der Waals surface area contributed by atoms with E-state index in [0.717, 1.165) is 0 Å². The lowest BCUT2D eigenvalue weighted by Crippen LogP contribution is -1.91. The summed E-state index contributed by atoms with van der Waals surface area (Å²) in [6.07, 6.45) is 0. The number of pyridine rings is 1. The number of hydrogen-bond acceptors (Lipinski definition) is 2. The standard InChI is InChI=1S/C11H4Cl5NO/c12-5-2-1-3-8(9(5)15)18-11-7(14)4-6(13)10(16)17-11/h1-4H. The molecule has 0 N–H and O–H groups in total. The van der Waals surface area contributed by atoms with E-state index in [1.807, 2.05) is 0 Å². The van der Waals surface area contributed by atoms with Gasteiger partial charge in [-0.1, -0.05) is 64.1 Å². The zero-order valence-corrected chi connectivity index (χ0v) is 12.3. The molecule has 0 unspecified atom stereocenters. The van der Waals surface area contributed by atoms with Gasteiger partial charge in [0.25, 0.3) is 0 Å². The van der Waals surface area contributed by atoms with Crippen LogP contribution < -0.4 is 4.74 Å². The Kier molecular flexibility index (Phi) is 4.46. The zero-order chi connectivity index (χ0) is 13.3. The molecular formula is C11H4Cl5NO. The average molecular weight is 343 g/mol. The quantitative estimate of drug-likeness (QED) is 0.611. The predicted molar refractivity (Wildman–Crippen MR) is 75.8 cm³/mol. The van der Waals surface area contributed by atoms with Crippen LogP contribution in [-0.4, -0.2) is 4.98 Å². The first kappa shape index (κ1) is 14.0. The lowest BCUT2D eigenvalue weighted by atomic mass is 10.3. The minimum Gasteiger partial charge on any atom is -0.436 e. The highest BCUT2D eigenvalue weighted by Gasteiger charge is 2.12. The Hall–Kier alpha value is -0.380. The van der Waals surface area contributed by atoms with Crippen LogP contribution in [0.15, 0.2) is 24.3 Å². The molecular weight excluding hydrogens is 339 g/mol. The van der Waals surface area contributed by atoms with Gasteiger partial charge in [-0.3, -0.25) is 0 Å². The van der Waals surface area contributed by atoms with E-state index in [0.29, 0.717) is 10.8 Å². The first-order valence-electron chi connectivity index (χ1n) is 4.62. The summed E-state index contributed by atoms with van der Waals surface area (Å²) in [5.41, 5.74) is 0. The van der Waals surface area contributed by atoms with Crippen LogP contribution in [0.4, 0.5) is 0 Å². The Morgan fingerprint density at radius 1 is 0.889 bits per heavy atom. The van der Waals surface area contributed by atoms with E-state index in [2.05, 4.69) is 4.98 Å². The third kappa shape index (κ3) is 2.95. The second-order valence-electron chi connectivity index (χ2n) is 3.20. The molecule has 7 heteroatoms. The van der Waals surface area contributed by atoms with E-state index in [9.17, 15) is 0 Å². The predicted octanol–water partition coefficient (Wildman–Crippen LogP) is 6.14. The molecule has 1 aromatic carbocycles. The number of nitrogens with zero attached hydrogens (tertiary/aromatic N) is 1. The van der Waals surface area contributed by atoms with Crippen molar-refractivity contribution in [2.45, 2.75) is 0 Å². The van der Waals surface area contributed by atoms with Gasteiger partial charge in [0.2, 0.25) is 5.88 Å². The van der Waals surface area contributed by atoms with Crippen LogP contribution in [0.3, 0.4) is 0 Å². The summed E-state index contributed by atoms with van der Waals surface area (Å²) in [4.78, 5) is 3.92. The summed E-state index contributed by atoms with van der Waals surface area (Å²) in [6.45, 7) is 0. The monoisotopic (exact) mass is 341 g/mol. The summed E-state index contributed by atoms with van der Waals surface area (Å²) in [5, 5.41) is 1.19. The fourth-order valence-corrected chi connectivity index (χ4v) is 2.03. The lowest BCUT2D eigenvalue weighted by molar-refractivity contribution is 0.463. The van der Waals surface area contributed by atoms with Crippen molar-refractivity contribution in [3.8, 4) is 11.6 Å². The largest absolute Gasteiger partial charge is 0.436 e. The minimum absolute atomic E-state index is 0.0919. The van der Waals surface area contributed by atoms with E-state index < -0.39 is 0 Å². The number of aromatic nitrogens is 1. The van der Waals surface area contributed by atoms with Gasteiger partial charge < -0.3 is 4.74 Å². The Labute approximate surface area is 128 Å². The molecule has 94 valence electrons. The van der Waals surface area contributed by atoms with Crippen LogP contribution in [0.25, 0.3) is 0 Å². The molecule has 1 aromatic heterocycles. The Morgan fingerprint density at radius 2 is 1.61 bits per heavy atom. The molecule has 0 amide bonds. The molecule has 0 aliphatic carbocycles. The van der Waals surface area contributed by atoms with E-state index in [-0.39, 0.29) is 26.1 Å². The number of hydrogen-bond donors (Lipinski definition) is 0. The molecule has 0 saturated heterocycles. The van der Waals surface area contributed by atoms with Crippen molar-refractivity contribution in [1.82, 2.24) is 4.98 Å². The second kappa shape index (κ2) is 5.72. The maximum atomic E-state index is 5.98. The summed E-state index contributed by atoms with van der Waals surface area (Å²) < 4.78 is 5.45. The van der Waals surface area contributed by atoms with Gasteiger partial charge in [-0.2, -0.15) is 4.98 Å². The lowest BCUT2D eigenvalue weighted by Gasteiger charge is -2.09. The SMILES string of the molecule is Clc1cc(Cl)c(Oc2cccc(Cl)c2Cl)nc1Cl. The van der Waals surface area contributed by atoms with Crippen LogP contribution in [0.2, 0.25) is 25.2 Å². The van der Waals surface area contributed by atoms with Crippen molar-refractivity contribution in [2.24, 2.45) is 0 Å². The number of rotatable bonds is 2. The van der Waals surface area contributed by atoms with Crippen molar-refractivity contribution >= 4 is 58.0 Å². The van der Waals surface area contributed by atoms with Crippen LogP contribution in [-0.2, 0) is 0 Å². The van der Waals surface area contributed by atoms with Gasteiger partial charge in [0, 0.05) is 0 Å². The first-order chi connectivity index (χ1) is 8.49. The van der Waals surface area contributed by atoms with Crippen LogP contribution in [0.1, 0.15) is 0 Å². The highest BCUT2D eigenvalue weighted by Crippen LogP contribution is 2.38. The van der Waals surface area contributed by atoms with Gasteiger partial charge in [-0.15, -0.1) is 0 Å². The van der Waals surface area contributed by atoms with Crippen molar-refractivity contribution in [2.75, 3.05) is 0 Å². The molecule has 0 bridgehead atoms. The molecule has 18 heavy (non-hydrogen) atoms. The van der Waals surface area contributed by atoms with Crippen molar-refractivity contribution in [3.05, 3.63) is 49.5 Å². The summed E-state index contributed by atoms with van der Waals surface area (Å²) in [6, 6.07) is 6.40. The second-order valence-corrected chi connectivity index (χ2v) is 5.16. The third-order valence-corrected chi connectivity index (χ3v) is 3.72. The number of benzene rings is 1. The summed E-state index contributed by atoms with van der Waals surface area (Å²) in [7, 11) is 0. The molecule has 2 rings (SSSR count). The highest BCUT2D eigenvalue weighted by atomic mass is 35.5. The van der Waals surface area contributed by atoms with E-state index in [1.54, 1.807) is 18.2 Å². The molecule has 0 fully saturated rings. The molecule has 0 atom stereocenters. The molecule has 2 aromatic rings. The Morgan fingerprint density at radius 3 is 2.33 bits per heavy atom. The van der Waals surface area contributed by atoms with Crippen LogP contribution >= 0.6 is 58.0 Å². The van der Waals surface area contributed by atoms with Gasteiger partial charge in [0.15, 0.2) is 5.15 Å². The smallest absolute Gasteiger partial charge is 0.239 e. The fourth-order valence-electron chi connectivity index (χ4n) is 1.17. The van der Waals surface area contributed by atoms with Gasteiger partial charge >= 0.3 is 0 Å². The molecule has 2 nitrogen and oxygen atoms in total. The van der Waals surface area contributed by atoms with Gasteiger partial charge in [-0.25, -0.2) is 0 Å². The molecule has 1 heterocycles. The molecule has 0 spiro atoms. The maximum Gasteiger partial charge on any atom is 0.239 e. The number of ether oxygens (including phenoxy) is 1. The average Bonchev–Trinajstić information content (AvgIpc) is 2.32. The van der Waals surface area contributed by atoms with Gasteiger partial charge in [0.1, 0.15) is 15.8 Å². The maximum absolute atomic E-state index is 5.98. The van der Waals surface area contributed by atoms with E-state index >= 15 is 0 Å². The summed E-state index contributed by atoms with van der Waals surface area (Å²) in [5.74, 6) is 0.437. The molecule has 0 aliphatic heterocycles. The summed E-state index contributed by atoms with van der Waals surface area (Å²) >= 11 is 29.3. The highest BCUT2D eigenvalue weighted by molar-refractivity contribution is 6.43. The molecule has 0 radical (unpaired) electrons. The van der Waals surface area contributed by atoms with E-state index in [1.165, 1.54) is 6.07 Å². The van der Waals surface area contributed by atoms with Crippen LogP contribution in [0.5, 0.6) is 11.6 Å². The normalized spacial score (nSPS) is 10.5. The van der Waals surface area contributed by atoms with Gasteiger partial charge in [0.05, 0.1) is 10.0 Å². The van der Waals surface area contributed by atoms with Crippen LogP contribution in [0, 0.1) is 0 Å². The number of halogens is 5. The fraction of sp³-hybridized carbons (Fsp3) is 0. The Balaban J connectivity index is 2.40. The third-order valence-electron chi connectivity index (χ3n) is 1.98. The van der Waals surface area contributed by atoms with Crippen molar-refractivity contribution in [3.63, 3.8) is 0 Å². The van der Waals surface area contributed by atoms with Gasteiger partial charge in [-0.05, 0) is 18.2 Å². The molecule has 0 aliphatic rings. The van der Waals surface area contributed by atoms with Crippen molar-refractivity contribution < 1.29 is 4.74 Å². The minimum atomic E-state index is 0.0919. The molecule has 0 saturated carbocycles. The zero-order valence-electron chi connectivity index (χ0n) is 8.55.